The molecule has 32 heavy (non-hydrogen) atoms. The van der Waals surface area contributed by atoms with Crippen molar-refractivity contribution in [1.29, 1.82) is 0 Å². The summed E-state index contributed by atoms with van der Waals surface area (Å²) in [4.78, 5) is 44.8. The summed E-state index contributed by atoms with van der Waals surface area (Å²) in [6.45, 7) is -0.864. The van der Waals surface area contributed by atoms with Crippen LogP contribution in [0.25, 0.3) is 0 Å². The minimum absolute atomic E-state index is 0.0289. The summed E-state index contributed by atoms with van der Waals surface area (Å²) in [5.41, 5.74) is -0.516. The lowest BCUT2D eigenvalue weighted by Gasteiger charge is -2.43. The molecule has 15 nitrogen and oxygen atoms in total. The first-order chi connectivity index (χ1) is 14.8. The number of hydrogen-bond acceptors (Lipinski definition) is 12. The monoisotopic (exact) mass is 533 g/mol. The topological polar surface area (TPSA) is 211 Å². The summed E-state index contributed by atoms with van der Waals surface area (Å²) < 4.78 is 58.9. The maximum absolute atomic E-state index is 12.7. The molecule has 3 N–H and O–H groups in total. The molecule has 178 valence electrons. The quantitative estimate of drug-likeness (QED) is 0.0757. The summed E-state index contributed by atoms with van der Waals surface area (Å²) >= 11 is 6.32. The van der Waals surface area contributed by atoms with Crippen LogP contribution in [0.2, 0.25) is 0 Å². The number of aromatic nitrogens is 1. The van der Waals surface area contributed by atoms with Crippen LogP contribution in [0.1, 0.15) is 5.69 Å². The van der Waals surface area contributed by atoms with Crippen LogP contribution in [0.4, 0.5) is 5.13 Å². The second-order valence-corrected chi connectivity index (χ2v) is 10.0. The number of β-lactam (4-membered cyclic amide) rings is 1. The van der Waals surface area contributed by atoms with Gasteiger partial charge in [-0.05, 0) is 0 Å². The van der Waals surface area contributed by atoms with Gasteiger partial charge in [-0.15, -0.1) is 22.9 Å². The van der Waals surface area contributed by atoms with Crippen LogP contribution in [-0.4, -0.2) is 92.0 Å². The first kappa shape index (κ1) is 25.9. The van der Waals surface area contributed by atoms with Gasteiger partial charge in [-0.2, -0.15) is 16.8 Å². The van der Waals surface area contributed by atoms with Crippen molar-refractivity contribution in [1.82, 2.24) is 14.6 Å². The highest BCUT2D eigenvalue weighted by Gasteiger charge is 2.54. The fourth-order valence-electron chi connectivity index (χ4n) is 2.42. The molecular weight excluding hydrogens is 518 g/mol. The predicted octanol–water partition coefficient (Wildman–Crippen LogP) is -1.85. The fraction of sp³-hybridized carbons (Fsp3) is 0.462. The Bertz CT molecular complexity index is 1150. The third-order valence-electron chi connectivity index (χ3n) is 3.67. The van der Waals surface area contributed by atoms with E-state index in [9.17, 15) is 35.8 Å². The van der Waals surface area contributed by atoms with Crippen LogP contribution in [0.15, 0.2) is 10.5 Å². The molecule has 2 rings (SSSR count). The zero-order chi connectivity index (χ0) is 24.3. The number of nitrogens with one attached hydrogen (secondary N) is 2. The van der Waals surface area contributed by atoms with Gasteiger partial charge in [0.2, 0.25) is 5.91 Å². The van der Waals surface area contributed by atoms with Crippen molar-refractivity contribution in [2.75, 3.05) is 31.2 Å². The molecule has 3 amide bonds. The Morgan fingerprint density at radius 3 is 2.56 bits per heavy atom. The summed E-state index contributed by atoms with van der Waals surface area (Å²) in [7, 11) is -7.97. The van der Waals surface area contributed by atoms with Crippen molar-refractivity contribution in [2.24, 2.45) is 5.16 Å². The molecule has 0 spiro atoms. The van der Waals surface area contributed by atoms with E-state index in [1.165, 1.54) is 5.38 Å². The lowest BCUT2D eigenvalue weighted by Crippen LogP contribution is -2.73. The Kier molecular flexibility index (Phi) is 8.12. The van der Waals surface area contributed by atoms with E-state index in [0.29, 0.717) is 6.26 Å². The van der Waals surface area contributed by atoms with E-state index in [0.717, 1.165) is 18.4 Å². The Hall–Kier alpha value is -2.38. The molecule has 0 saturated carbocycles. The molecule has 2 heterocycles. The number of thiazole rings is 1. The van der Waals surface area contributed by atoms with Crippen molar-refractivity contribution in [3.05, 3.63) is 11.1 Å². The summed E-state index contributed by atoms with van der Waals surface area (Å²) in [5, 5.41) is 9.45. The number of anilines is 1. The number of hydrogen-bond donors (Lipinski definition) is 3. The lowest BCUT2D eigenvalue weighted by molar-refractivity contribution is -0.146. The summed E-state index contributed by atoms with van der Waals surface area (Å²) in [5.74, 6) is -3.18. The van der Waals surface area contributed by atoms with Crippen LogP contribution in [0.5, 0.6) is 0 Å². The van der Waals surface area contributed by atoms with Crippen molar-refractivity contribution in [3.63, 3.8) is 0 Å². The van der Waals surface area contributed by atoms with Gasteiger partial charge in [-0.3, -0.25) is 23.1 Å². The SMILES string of the molecule is CO/N=C(\C(=O)N[C@H]1C(=O)N(S(=O)(=O)O)[C@H]1COS(C)(=O)=O)c1csc(NC(=O)CCl)n1. The van der Waals surface area contributed by atoms with Gasteiger partial charge in [0.25, 0.3) is 21.9 Å². The van der Waals surface area contributed by atoms with E-state index in [1.807, 2.05) is 0 Å². The molecule has 1 fully saturated rings. The minimum Gasteiger partial charge on any atom is -0.398 e. The molecule has 1 aromatic heterocycles. The largest absolute Gasteiger partial charge is 0.398 e. The van der Waals surface area contributed by atoms with Crippen LogP contribution in [0, 0.1) is 0 Å². The highest BCUT2D eigenvalue weighted by atomic mass is 35.5. The molecule has 1 aliphatic rings. The van der Waals surface area contributed by atoms with Gasteiger partial charge in [0.05, 0.1) is 12.9 Å². The Labute approximate surface area is 190 Å². The number of rotatable bonds is 10. The van der Waals surface area contributed by atoms with Crippen LogP contribution in [0.3, 0.4) is 0 Å². The molecule has 19 heteroatoms. The lowest BCUT2D eigenvalue weighted by atomic mass is 9.99. The van der Waals surface area contributed by atoms with Gasteiger partial charge in [0.15, 0.2) is 10.8 Å². The standard InChI is InChI=1S/C13H16ClN5O10S3/c1-28-18-9(6-5-30-13(15-6)16-8(20)3-14)11(21)17-10-7(4-29-31(2,23)24)19(12(10)22)32(25,26)27/h5,7,10H,3-4H2,1-2H3,(H,17,21)(H,15,16,20)(H,25,26,27)/b18-9-/t7-,10+/m0/s1. The normalized spacial score (nSPS) is 19.3. The van der Waals surface area contributed by atoms with E-state index in [-0.39, 0.29) is 21.0 Å². The maximum atomic E-state index is 12.7. The second-order valence-electron chi connectivity index (χ2n) is 5.96. The Balaban J connectivity index is 2.23. The van der Waals surface area contributed by atoms with Gasteiger partial charge in [-0.1, -0.05) is 5.16 Å². The minimum atomic E-state index is -5.05. The Morgan fingerprint density at radius 2 is 2.03 bits per heavy atom. The number of nitrogens with zero attached hydrogens (tertiary/aromatic N) is 3. The van der Waals surface area contributed by atoms with E-state index in [2.05, 4.69) is 29.8 Å². The summed E-state index contributed by atoms with van der Waals surface area (Å²) in [6.07, 6.45) is 0.686. The van der Waals surface area contributed by atoms with E-state index >= 15 is 0 Å². The van der Waals surface area contributed by atoms with Gasteiger partial charge >= 0.3 is 10.3 Å². The smallest absolute Gasteiger partial charge is 0.362 e. The van der Waals surface area contributed by atoms with Crippen molar-refractivity contribution >= 4 is 71.9 Å². The molecule has 0 unspecified atom stereocenters. The van der Waals surface area contributed by atoms with Crippen LogP contribution < -0.4 is 10.6 Å². The van der Waals surface area contributed by atoms with E-state index in [1.54, 1.807) is 0 Å². The average Bonchev–Trinajstić information content (AvgIpc) is 3.12. The van der Waals surface area contributed by atoms with Crippen molar-refractivity contribution in [2.45, 2.75) is 12.1 Å². The fourth-order valence-corrected chi connectivity index (χ4v) is 4.45. The number of carbonyl (C=O) groups is 3. The van der Waals surface area contributed by atoms with Crippen molar-refractivity contribution < 1.29 is 44.8 Å². The molecule has 0 bridgehead atoms. The van der Waals surface area contributed by atoms with Crippen LogP contribution >= 0.6 is 22.9 Å². The molecule has 1 aromatic rings. The zero-order valence-electron chi connectivity index (χ0n) is 16.2. The van der Waals surface area contributed by atoms with Gasteiger partial charge < -0.3 is 15.5 Å². The zero-order valence-corrected chi connectivity index (χ0v) is 19.4. The van der Waals surface area contributed by atoms with E-state index < -0.39 is 62.5 Å². The average molecular weight is 534 g/mol. The number of carbonyl (C=O) groups excluding carboxylic acids is 3. The molecule has 0 aliphatic carbocycles. The molecule has 1 aliphatic heterocycles. The number of amides is 3. The first-order valence-corrected chi connectivity index (χ1v) is 12.8. The Morgan fingerprint density at radius 1 is 1.38 bits per heavy atom. The third kappa shape index (κ3) is 6.33. The molecular formula is C13H16ClN5O10S3. The molecule has 2 atom stereocenters. The number of halogens is 1. The maximum Gasteiger partial charge on any atom is 0.362 e. The third-order valence-corrected chi connectivity index (χ3v) is 6.18. The number of alkyl halides is 1. The first-order valence-electron chi connectivity index (χ1n) is 8.17. The summed E-state index contributed by atoms with van der Waals surface area (Å²) in [6, 6.07) is -3.14. The van der Waals surface area contributed by atoms with Gasteiger partial charge in [0, 0.05) is 5.38 Å². The second kappa shape index (κ2) is 10.0. The van der Waals surface area contributed by atoms with Crippen molar-refractivity contribution in [3.8, 4) is 0 Å². The van der Waals surface area contributed by atoms with Gasteiger partial charge in [-0.25, -0.2) is 9.29 Å². The molecule has 1 saturated heterocycles. The number of oxime groups is 1. The molecule has 0 radical (unpaired) electrons. The predicted molar refractivity (Wildman–Crippen MR) is 110 cm³/mol. The highest BCUT2D eigenvalue weighted by molar-refractivity contribution is 7.86. The van der Waals surface area contributed by atoms with Gasteiger partial charge in [0.1, 0.15) is 30.8 Å². The van der Waals surface area contributed by atoms with E-state index in [4.69, 9.17) is 11.6 Å². The molecule has 0 aromatic carbocycles. The van der Waals surface area contributed by atoms with Crippen LogP contribution in [-0.2, 0) is 43.8 Å². The highest BCUT2D eigenvalue weighted by Crippen LogP contribution is 2.25.